The predicted molar refractivity (Wildman–Crippen MR) is 99.2 cm³/mol. The molecule has 5 heteroatoms. The molecule has 0 saturated heterocycles. The first-order valence-electron chi connectivity index (χ1n) is 9.12. The molecule has 0 fully saturated rings. The highest BCUT2D eigenvalue weighted by Crippen LogP contribution is 2.22. The normalized spacial score (nSPS) is 11.2. The second kappa shape index (κ2) is 10.9. The Labute approximate surface area is 151 Å². The summed E-state index contributed by atoms with van der Waals surface area (Å²) in [6.45, 7) is 7.13. The van der Waals surface area contributed by atoms with Crippen LogP contribution in [0.15, 0.2) is 24.3 Å². The first-order chi connectivity index (χ1) is 11.8. The molecule has 0 saturated carbocycles. The Morgan fingerprint density at radius 1 is 0.880 bits per heavy atom. The molecule has 140 valence electrons. The topological polar surface area (TPSA) is 78.4 Å². The van der Waals surface area contributed by atoms with Gasteiger partial charge in [0.25, 0.3) is 0 Å². The highest BCUT2D eigenvalue weighted by molar-refractivity contribution is 5.75. The van der Waals surface area contributed by atoms with E-state index in [9.17, 15) is 9.59 Å². The first-order valence-corrected chi connectivity index (χ1v) is 9.12. The van der Waals surface area contributed by atoms with Gasteiger partial charge in [0.15, 0.2) is 0 Å². The van der Waals surface area contributed by atoms with Gasteiger partial charge in [0.05, 0.1) is 0 Å². The molecule has 5 nitrogen and oxygen atoms in total. The van der Waals surface area contributed by atoms with Gasteiger partial charge in [-0.25, -0.2) is 5.48 Å². The van der Waals surface area contributed by atoms with Crippen LogP contribution in [0.25, 0.3) is 0 Å². The minimum absolute atomic E-state index is 0.0829. The molecule has 0 heterocycles. The summed E-state index contributed by atoms with van der Waals surface area (Å²) in [5.41, 5.74) is 4.18. The molecule has 0 aliphatic heterocycles. The van der Waals surface area contributed by atoms with Gasteiger partial charge >= 0.3 is 0 Å². The van der Waals surface area contributed by atoms with E-state index in [1.807, 2.05) is 0 Å². The van der Waals surface area contributed by atoms with E-state index in [0.717, 1.165) is 37.7 Å². The molecule has 1 aromatic rings. The number of hydroxylamine groups is 1. The van der Waals surface area contributed by atoms with Gasteiger partial charge in [0, 0.05) is 19.4 Å². The van der Waals surface area contributed by atoms with Crippen LogP contribution >= 0.6 is 0 Å². The van der Waals surface area contributed by atoms with Crippen molar-refractivity contribution in [2.45, 2.75) is 77.7 Å². The van der Waals surface area contributed by atoms with Crippen LogP contribution in [0.4, 0.5) is 0 Å². The maximum atomic E-state index is 11.9. The number of carbonyl (C=O) groups excluding carboxylic acids is 2. The molecule has 0 unspecified atom stereocenters. The summed E-state index contributed by atoms with van der Waals surface area (Å²) in [7, 11) is 0. The summed E-state index contributed by atoms with van der Waals surface area (Å²) in [5, 5.41) is 11.3. The van der Waals surface area contributed by atoms with Gasteiger partial charge < -0.3 is 5.32 Å². The molecule has 0 aromatic heterocycles. The summed E-state index contributed by atoms with van der Waals surface area (Å²) in [6.07, 6.45) is 5.44. The smallest absolute Gasteiger partial charge is 0.243 e. The second-order valence-corrected chi connectivity index (χ2v) is 7.53. The molecule has 0 bridgehead atoms. The fourth-order valence-corrected chi connectivity index (χ4v) is 2.57. The van der Waals surface area contributed by atoms with Crippen molar-refractivity contribution in [3.8, 4) is 0 Å². The van der Waals surface area contributed by atoms with Crippen LogP contribution < -0.4 is 10.8 Å². The lowest BCUT2D eigenvalue weighted by atomic mass is 9.87. The second-order valence-electron chi connectivity index (χ2n) is 7.53. The predicted octanol–water partition coefficient (Wildman–Crippen LogP) is 3.84. The van der Waals surface area contributed by atoms with Crippen molar-refractivity contribution >= 4 is 11.8 Å². The lowest BCUT2D eigenvalue weighted by Crippen LogP contribution is -2.22. The molecule has 1 rings (SSSR count). The van der Waals surface area contributed by atoms with E-state index < -0.39 is 0 Å². The molecular weight excluding hydrogens is 316 g/mol. The van der Waals surface area contributed by atoms with Gasteiger partial charge in [-0.15, -0.1) is 0 Å². The average molecular weight is 348 g/mol. The van der Waals surface area contributed by atoms with Crippen molar-refractivity contribution in [2.75, 3.05) is 0 Å². The van der Waals surface area contributed by atoms with Crippen LogP contribution in [0.2, 0.25) is 0 Å². The van der Waals surface area contributed by atoms with Gasteiger partial charge in [-0.3, -0.25) is 14.8 Å². The zero-order chi connectivity index (χ0) is 18.7. The number of benzene rings is 1. The molecule has 2 amide bonds. The molecule has 0 aliphatic carbocycles. The van der Waals surface area contributed by atoms with E-state index >= 15 is 0 Å². The van der Waals surface area contributed by atoms with E-state index in [1.54, 1.807) is 5.48 Å². The van der Waals surface area contributed by atoms with Crippen molar-refractivity contribution in [3.05, 3.63) is 35.4 Å². The van der Waals surface area contributed by atoms with Crippen LogP contribution in [0, 0.1) is 0 Å². The Morgan fingerprint density at radius 2 is 1.40 bits per heavy atom. The van der Waals surface area contributed by atoms with Crippen molar-refractivity contribution in [2.24, 2.45) is 0 Å². The molecule has 0 radical (unpaired) electrons. The van der Waals surface area contributed by atoms with Crippen LogP contribution in [-0.2, 0) is 21.5 Å². The van der Waals surface area contributed by atoms with Crippen molar-refractivity contribution < 1.29 is 14.8 Å². The number of amides is 2. The van der Waals surface area contributed by atoms with Gasteiger partial charge in [0.1, 0.15) is 0 Å². The molecular formula is C20H32N2O3. The van der Waals surface area contributed by atoms with Crippen LogP contribution in [0.5, 0.6) is 0 Å². The third-order valence-electron chi connectivity index (χ3n) is 4.24. The maximum absolute atomic E-state index is 11.9. The third-order valence-corrected chi connectivity index (χ3v) is 4.24. The Balaban J connectivity index is 2.12. The molecule has 3 N–H and O–H groups in total. The van der Waals surface area contributed by atoms with Crippen LogP contribution in [-0.4, -0.2) is 17.0 Å². The third kappa shape index (κ3) is 9.25. The van der Waals surface area contributed by atoms with Gasteiger partial charge in [-0.1, -0.05) is 64.3 Å². The van der Waals surface area contributed by atoms with Gasteiger partial charge in [-0.2, -0.15) is 0 Å². The highest BCUT2D eigenvalue weighted by Gasteiger charge is 2.12. The minimum atomic E-state index is -0.338. The van der Waals surface area contributed by atoms with E-state index in [1.165, 1.54) is 5.56 Å². The average Bonchev–Trinajstić information content (AvgIpc) is 2.58. The fourth-order valence-electron chi connectivity index (χ4n) is 2.57. The van der Waals surface area contributed by atoms with Crippen LogP contribution in [0.1, 0.15) is 76.8 Å². The molecule has 1 aromatic carbocycles. The largest absolute Gasteiger partial charge is 0.352 e. The SMILES string of the molecule is CC(C)(C)c1ccc(CNC(=O)CCCCCCCC(=O)NO)cc1. The highest BCUT2D eigenvalue weighted by atomic mass is 16.5. The minimum Gasteiger partial charge on any atom is -0.352 e. The van der Waals surface area contributed by atoms with E-state index in [-0.39, 0.29) is 17.2 Å². The number of hydrogen-bond acceptors (Lipinski definition) is 3. The maximum Gasteiger partial charge on any atom is 0.243 e. The molecule has 0 atom stereocenters. The summed E-state index contributed by atoms with van der Waals surface area (Å²) in [4.78, 5) is 22.7. The molecule has 25 heavy (non-hydrogen) atoms. The summed E-state index contributed by atoms with van der Waals surface area (Å²) in [6, 6.07) is 8.39. The molecule has 0 spiro atoms. The number of nitrogens with one attached hydrogen (secondary N) is 2. The fraction of sp³-hybridized carbons (Fsp3) is 0.600. The number of carbonyl (C=O) groups is 2. The Hall–Kier alpha value is -1.88. The zero-order valence-electron chi connectivity index (χ0n) is 15.7. The Kier molecular flexibility index (Phi) is 9.21. The van der Waals surface area contributed by atoms with Crippen molar-refractivity contribution in [1.29, 1.82) is 0 Å². The number of unbranched alkanes of at least 4 members (excludes halogenated alkanes) is 4. The molecule has 0 aliphatic rings. The van der Waals surface area contributed by atoms with Gasteiger partial charge in [0.2, 0.25) is 11.8 Å². The standard InChI is InChI=1S/C20H32N2O3/c1-20(2,3)17-13-11-16(12-14-17)15-21-18(23)9-7-5-4-6-8-10-19(24)22-25/h11-14,25H,4-10,15H2,1-3H3,(H,21,23)(H,22,24). The number of rotatable bonds is 10. The lowest BCUT2D eigenvalue weighted by molar-refractivity contribution is -0.129. The van der Waals surface area contributed by atoms with Crippen molar-refractivity contribution in [1.82, 2.24) is 10.8 Å². The summed E-state index contributed by atoms with van der Waals surface area (Å²) >= 11 is 0. The number of hydrogen-bond donors (Lipinski definition) is 3. The summed E-state index contributed by atoms with van der Waals surface area (Å²) < 4.78 is 0. The first kappa shape index (κ1) is 21.2. The quantitative estimate of drug-likeness (QED) is 0.341. The van der Waals surface area contributed by atoms with E-state index in [2.05, 4.69) is 50.4 Å². The van der Waals surface area contributed by atoms with E-state index in [4.69, 9.17) is 5.21 Å². The Morgan fingerprint density at radius 3 is 1.92 bits per heavy atom. The monoisotopic (exact) mass is 348 g/mol. The lowest BCUT2D eigenvalue weighted by Gasteiger charge is -2.19. The Bertz CT molecular complexity index is 533. The zero-order valence-corrected chi connectivity index (χ0v) is 15.7. The van der Waals surface area contributed by atoms with E-state index in [0.29, 0.717) is 19.4 Å². The van der Waals surface area contributed by atoms with Gasteiger partial charge in [-0.05, 0) is 29.4 Å². The van der Waals surface area contributed by atoms with Crippen molar-refractivity contribution in [3.63, 3.8) is 0 Å². The van der Waals surface area contributed by atoms with Crippen LogP contribution in [0.3, 0.4) is 0 Å². The summed E-state index contributed by atoms with van der Waals surface area (Å²) in [5.74, 6) is -0.255.